The highest BCUT2D eigenvalue weighted by Crippen LogP contribution is 2.32. The van der Waals surface area contributed by atoms with Gasteiger partial charge in [-0.1, -0.05) is 6.92 Å². The fraction of sp³-hybridized carbons (Fsp3) is 0.909. The molecule has 0 radical (unpaired) electrons. The molecule has 3 fully saturated rings. The second kappa shape index (κ2) is 10.7. The zero-order valence-corrected chi connectivity index (χ0v) is 21.7. The lowest BCUT2D eigenvalue weighted by atomic mass is 9.89. The summed E-state index contributed by atoms with van der Waals surface area (Å²) in [6, 6.07) is 0.252. The van der Waals surface area contributed by atoms with Gasteiger partial charge in [0.25, 0.3) is 0 Å². The molecule has 2 aliphatic heterocycles. The Balaban J connectivity index is 0.00000320. The van der Waals surface area contributed by atoms with Crippen LogP contribution in [-0.2, 0) is 9.47 Å². The first kappa shape index (κ1) is 25.5. The van der Waals surface area contributed by atoms with Crippen LogP contribution in [0.2, 0.25) is 0 Å². The molecule has 1 aliphatic carbocycles. The molecular formula is C22H41IN4O3. The van der Waals surface area contributed by atoms with Gasteiger partial charge in [0, 0.05) is 37.6 Å². The summed E-state index contributed by atoms with van der Waals surface area (Å²) < 4.78 is 11.1. The Kier molecular flexibility index (Phi) is 9.09. The lowest BCUT2D eigenvalue weighted by Crippen LogP contribution is -2.53. The molecule has 7 nitrogen and oxygen atoms in total. The number of guanidine groups is 1. The van der Waals surface area contributed by atoms with E-state index in [1.165, 1.54) is 12.8 Å². The number of carbonyl (C=O) groups excluding carboxylic acids is 1. The number of likely N-dealkylation sites (tertiary alicyclic amines) is 1. The molecule has 0 atom stereocenters. The largest absolute Gasteiger partial charge is 0.444 e. The van der Waals surface area contributed by atoms with Crippen LogP contribution in [0.1, 0.15) is 60.3 Å². The molecule has 0 aromatic carbocycles. The molecule has 2 heterocycles. The van der Waals surface area contributed by atoms with Gasteiger partial charge in [-0.15, -0.1) is 24.0 Å². The van der Waals surface area contributed by atoms with Gasteiger partial charge in [-0.3, -0.25) is 4.99 Å². The van der Waals surface area contributed by atoms with Crippen molar-refractivity contribution in [2.45, 2.75) is 71.9 Å². The Morgan fingerprint density at radius 3 is 2.33 bits per heavy atom. The normalized spacial score (nSPS) is 22.0. The highest BCUT2D eigenvalue weighted by Gasteiger charge is 2.36. The number of piperidine rings is 1. The summed E-state index contributed by atoms with van der Waals surface area (Å²) in [5, 5.41) is 3.44. The maximum Gasteiger partial charge on any atom is 0.410 e. The van der Waals surface area contributed by atoms with E-state index in [1.807, 2.05) is 25.7 Å². The Hall–Kier alpha value is -0.770. The van der Waals surface area contributed by atoms with Gasteiger partial charge in [-0.25, -0.2) is 4.79 Å². The SMILES string of the molecule is CCNC(=NCC1(C)COC1)N1CCC(N(CC2CC2)C(=O)OC(C)(C)C)CC1.I. The molecule has 0 aromatic rings. The molecule has 1 N–H and O–H groups in total. The van der Waals surface area contributed by atoms with Crippen LogP contribution in [0.25, 0.3) is 0 Å². The number of nitrogens with one attached hydrogen (secondary N) is 1. The van der Waals surface area contributed by atoms with E-state index in [0.29, 0.717) is 5.92 Å². The van der Waals surface area contributed by atoms with Crippen molar-refractivity contribution >= 4 is 36.0 Å². The van der Waals surface area contributed by atoms with Crippen LogP contribution < -0.4 is 5.32 Å². The number of halogens is 1. The lowest BCUT2D eigenvalue weighted by Gasteiger charge is -2.41. The predicted octanol–water partition coefficient (Wildman–Crippen LogP) is 3.72. The number of amides is 1. The van der Waals surface area contributed by atoms with Crippen LogP contribution in [-0.4, -0.2) is 79.4 Å². The van der Waals surface area contributed by atoms with Crippen LogP contribution in [0, 0.1) is 11.3 Å². The van der Waals surface area contributed by atoms with Gasteiger partial charge in [0.2, 0.25) is 0 Å². The Morgan fingerprint density at radius 2 is 1.87 bits per heavy atom. The monoisotopic (exact) mass is 536 g/mol. The number of aliphatic imine (C=N–C) groups is 1. The summed E-state index contributed by atoms with van der Waals surface area (Å²) in [6.07, 6.45) is 4.23. The molecular weight excluding hydrogens is 495 g/mol. The van der Waals surface area contributed by atoms with E-state index in [1.54, 1.807) is 0 Å². The molecule has 1 amide bonds. The third-order valence-electron chi connectivity index (χ3n) is 5.83. The molecule has 0 spiro atoms. The van der Waals surface area contributed by atoms with Crippen molar-refractivity contribution in [3.05, 3.63) is 0 Å². The van der Waals surface area contributed by atoms with E-state index in [-0.39, 0.29) is 41.5 Å². The maximum absolute atomic E-state index is 12.8. The number of carbonyl (C=O) groups is 1. The third kappa shape index (κ3) is 7.43. The molecule has 30 heavy (non-hydrogen) atoms. The number of hydrogen-bond donors (Lipinski definition) is 1. The van der Waals surface area contributed by atoms with E-state index in [4.69, 9.17) is 14.5 Å². The molecule has 0 aromatic heterocycles. The van der Waals surface area contributed by atoms with Crippen LogP contribution in [0.5, 0.6) is 0 Å². The summed E-state index contributed by atoms with van der Waals surface area (Å²) in [7, 11) is 0. The van der Waals surface area contributed by atoms with Crippen molar-refractivity contribution in [2.75, 3.05) is 45.9 Å². The lowest BCUT2D eigenvalue weighted by molar-refractivity contribution is -0.0946. The fourth-order valence-electron chi connectivity index (χ4n) is 3.89. The average molecular weight is 536 g/mol. The van der Waals surface area contributed by atoms with Crippen LogP contribution in [0.15, 0.2) is 4.99 Å². The van der Waals surface area contributed by atoms with Crippen LogP contribution in [0.3, 0.4) is 0 Å². The van der Waals surface area contributed by atoms with Gasteiger partial charge in [0.15, 0.2) is 5.96 Å². The van der Waals surface area contributed by atoms with Crippen molar-refractivity contribution in [1.29, 1.82) is 0 Å². The number of rotatable bonds is 6. The molecule has 0 bridgehead atoms. The van der Waals surface area contributed by atoms with E-state index in [9.17, 15) is 4.79 Å². The Morgan fingerprint density at radius 1 is 1.23 bits per heavy atom. The topological polar surface area (TPSA) is 66.4 Å². The molecule has 3 aliphatic rings. The fourth-order valence-corrected chi connectivity index (χ4v) is 3.89. The Bertz CT molecular complexity index is 592. The van der Waals surface area contributed by atoms with Crippen LogP contribution in [0.4, 0.5) is 4.79 Å². The van der Waals surface area contributed by atoms with Crippen molar-refractivity contribution in [3.63, 3.8) is 0 Å². The zero-order chi connectivity index (χ0) is 21.1. The predicted molar refractivity (Wildman–Crippen MR) is 131 cm³/mol. The second-order valence-electron chi connectivity index (χ2n) is 10.3. The maximum atomic E-state index is 12.8. The quantitative estimate of drug-likeness (QED) is 0.319. The van der Waals surface area contributed by atoms with Crippen molar-refractivity contribution in [3.8, 4) is 0 Å². The Labute approximate surface area is 199 Å². The van der Waals surface area contributed by atoms with E-state index in [2.05, 4.69) is 24.1 Å². The number of nitrogens with zero attached hydrogens (tertiary/aromatic N) is 3. The van der Waals surface area contributed by atoms with E-state index in [0.717, 1.165) is 64.7 Å². The first-order chi connectivity index (χ1) is 13.7. The smallest absolute Gasteiger partial charge is 0.410 e. The summed E-state index contributed by atoms with van der Waals surface area (Å²) in [5.41, 5.74) is -0.275. The first-order valence-corrected chi connectivity index (χ1v) is 11.3. The molecule has 2 saturated heterocycles. The highest BCUT2D eigenvalue weighted by atomic mass is 127. The van der Waals surface area contributed by atoms with Gasteiger partial charge >= 0.3 is 6.09 Å². The van der Waals surface area contributed by atoms with Crippen molar-refractivity contribution < 1.29 is 14.3 Å². The van der Waals surface area contributed by atoms with Crippen LogP contribution >= 0.6 is 24.0 Å². The minimum Gasteiger partial charge on any atom is -0.444 e. The summed E-state index contributed by atoms with van der Waals surface area (Å²) >= 11 is 0. The molecule has 8 heteroatoms. The minimum atomic E-state index is -0.453. The molecule has 1 saturated carbocycles. The average Bonchev–Trinajstić information content (AvgIpc) is 3.44. The molecule has 0 unspecified atom stereocenters. The summed E-state index contributed by atoms with van der Waals surface area (Å²) in [6.45, 7) is 16.1. The van der Waals surface area contributed by atoms with Gasteiger partial charge in [0.05, 0.1) is 19.8 Å². The van der Waals surface area contributed by atoms with Gasteiger partial charge in [-0.2, -0.15) is 0 Å². The van der Waals surface area contributed by atoms with Gasteiger partial charge in [0.1, 0.15) is 5.60 Å². The summed E-state index contributed by atoms with van der Waals surface area (Å²) in [4.78, 5) is 22.1. The van der Waals surface area contributed by atoms with Gasteiger partial charge in [-0.05, 0) is 59.3 Å². The third-order valence-corrected chi connectivity index (χ3v) is 5.83. The highest BCUT2D eigenvalue weighted by molar-refractivity contribution is 14.0. The number of hydrogen-bond acceptors (Lipinski definition) is 4. The van der Waals surface area contributed by atoms with Crippen molar-refractivity contribution in [2.24, 2.45) is 16.3 Å². The standard InChI is InChI=1S/C22H40N4O3.HI/c1-6-23-19(24-14-22(5)15-28-16-22)25-11-9-18(10-12-25)26(13-17-7-8-17)20(27)29-21(2,3)4;/h17-18H,6-16H2,1-5H3,(H,23,24);1H. The first-order valence-electron chi connectivity index (χ1n) is 11.3. The molecule has 174 valence electrons. The van der Waals surface area contributed by atoms with E-state index >= 15 is 0 Å². The molecule has 3 rings (SSSR count). The number of ether oxygens (including phenoxy) is 2. The van der Waals surface area contributed by atoms with Gasteiger partial charge < -0.3 is 24.6 Å². The zero-order valence-electron chi connectivity index (χ0n) is 19.4. The van der Waals surface area contributed by atoms with E-state index < -0.39 is 5.60 Å². The van der Waals surface area contributed by atoms with Crippen molar-refractivity contribution in [1.82, 2.24) is 15.1 Å². The minimum absolute atomic E-state index is 0. The summed E-state index contributed by atoms with van der Waals surface area (Å²) in [5.74, 6) is 1.65. The second-order valence-corrected chi connectivity index (χ2v) is 10.3.